The number of hydrogen-bond donors (Lipinski definition) is 0. The van der Waals surface area contributed by atoms with Gasteiger partial charge in [-0.05, 0) is 42.3 Å². The van der Waals surface area contributed by atoms with Crippen molar-refractivity contribution in [2.75, 3.05) is 18.0 Å². The third-order valence-electron chi connectivity index (χ3n) is 6.39. The number of thiophene rings is 1. The van der Waals surface area contributed by atoms with Gasteiger partial charge in [0.1, 0.15) is 16.3 Å². The van der Waals surface area contributed by atoms with E-state index < -0.39 is 0 Å². The molecule has 1 aliphatic rings. The Labute approximate surface area is 203 Å². The summed E-state index contributed by atoms with van der Waals surface area (Å²) in [5.74, 6) is 4.30. The summed E-state index contributed by atoms with van der Waals surface area (Å²) >= 11 is 3.00. The first-order valence-electron chi connectivity index (χ1n) is 11.2. The molecule has 0 aliphatic carbocycles. The lowest BCUT2D eigenvalue weighted by Gasteiger charge is -2.31. The van der Waals surface area contributed by atoms with Gasteiger partial charge >= 0.3 is 0 Å². The smallest absolute Gasteiger partial charge is 0.272 e. The van der Waals surface area contributed by atoms with Gasteiger partial charge in [-0.15, -0.1) is 31.7 Å². The van der Waals surface area contributed by atoms with Crippen LogP contribution >= 0.6 is 23.1 Å². The molecule has 12 heteroatoms. The highest BCUT2D eigenvalue weighted by Crippen LogP contribution is 2.29. The Morgan fingerprint density at radius 2 is 2.03 bits per heavy atom. The third-order valence-corrected chi connectivity index (χ3v) is 8.24. The SMILES string of the molecule is CC1CCN(c2nnc(SCc3nnc4n(C)c(=O)c5sccc5n34)n2Cc2ccco2)CC1. The van der Waals surface area contributed by atoms with E-state index in [1.54, 1.807) is 29.6 Å². The van der Waals surface area contributed by atoms with E-state index in [4.69, 9.17) is 4.42 Å². The quantitative estimate of drug-likeness (QED) is 0.330. The Hall–Kier alpha value is -3.12. The largest absolute Gasteiger partial charge is 0.467 e. The summed E-state index contributed by atoms with van der Waals surface area (Å²) in [5, 5.41) is 20.5. The minimum absolute atomic E-state index is 0.0530. The Balaban J connectivity index is 1.34. The number of aryl methyl sites for hydroxylation is 1. The first-order chi connectivity index (χ1) is 16.6. The highest BCUT2D eigenvalue weighted by Gasteiger charge is 2.24. The summed E-state index contributed by atoms with van der Waals surface area (Å²) in [6.07, 6.45) is 3.99. The van der Waals surface area contributed by atoms with Gasteiger partial charge in [-0.3, -0.25) is 18.3 Å². The molecule has 10 nitrogen and oxygen atoms in total. The fourth-order valence-corrected chi connectivity index (χ4v) is 6.10. The Bertz CT molecular complexity index is 1510. The molecule has 0 N–H and O–H groups in total. The number of rotatable bonds is 6. The topological polar surface area (TPSA) is 99.3 Å². The number of anilines is 1. The predicted molar refractivity (Wildman–Crippen MR) is 132 cm³/mol. The van der Waals surface area contributed by atoms with Gasteiger partial charge in [-0.25, -0.2) is 0 Å². The highest BCUT2D eigenvalue weighted by atomic mass is 32.2. The molecule has 6 heterocycles. The maximum Gasteiger partial charge on any atom is 0.272 e. The summed E-state index contributed by atoms with van der Waals surface area (Å²) in [6.45, 7) is 4.81. The van der Waals surface area contributed by atoms with E-state index in [1.807, 2.05) is 28.0 Å². The molecule has 5 aromatic heterocycles. The zero-order valence-electron chi connectivity index (χ0n) is 18.9. The second-order valence-electron chi connectivity index (χ2n) is 8.66. The van der Waals surface area contributed by atoms with E-state index in [0.717, 1.165) is 60.1 Å². The fourth-order valence-electron chi connectivity index (χ4n) is 4.40. The van der Waals surface area contributed by atoms with E-state index in [-0.39, 0.29) is 5.56 Å². The Morgan fingerprint density at radius 1 is 1.18 bits per heavy atom. The van der Waals surface area contributed by atoms with Crippen molar-refractivity contribution in [2.24, 2.45) is 13.0 Å². The maximum absolute atomic E-state index is 12.6. The zero-order valence-corrected chi connectivity index (χ0v) is 20.6. The van der Waals surface area contributed by atoms with Crippen LogP contribution in [0.4, 0.5) is 5.95 Å². The Morgan fingerprint density at radius 3 is 2.82 bits per heavy atom. The number of furan rings is 1. The minimum atomic E-state index is -0.0530. The first kappa shape index (κ1) is 21.4. The van der Waals surface area contributed by atoms with E-state index in [2.05, 4.69) is 36.8 Å². The van der Waals surface area contributed by atoms with Crippen LogP contribution in [0.3, 0.4) is 0 Å². The lowest BCUT2D eigenvalue weighted by Crippen LogP contribution is -2.35. The summed E-state index contributed by atoms with van der Waals surface area (Å²) in [6, 6.07) is 5.81. The standard InChI is InChI=1S/C22H24N8O2S2/c1-14-5-8-28(9-6-14)21-25-26-22(29(21)12-15-4-3-10-32-15)34-13-17-23-24-20-27(2)19(31)18-16(30(17)20)7-11-33-18/h3-4,7,10-11,14H,5-6,8-9,12-13H2,1-2H3. The fraction of sp³-hybridized carbons (Fsp3) is 0.409. The van der Waals surface area contributed by atoms with Crippen LogP contribution < -0.4 is 10.5 Å². The molecule has 0 atom stereocenters. The van der Waals surface area contributed by atoms with Crippen molar-refractivity contribution in [3.8, 4) is 0 Å². The molecule has 0 saturated carbocycles. The summed E-state index contributed by atoms with van der Waals surface area (Å²) < 4.78 is 12.0. The van der Waals surface area contributed by atoms with Gasteiger partial charge in [0.2, 0.25) is 11.7 Å². The monoisotopic (exact) mass is 496 g/mol. The Kier molecular flexibility index (Phi) is 5.41. The van der Waals surface area contributed by atoms with Crippen molar-refractivity contribution in [2.45, 2.75) is 37.2 Å². The van der Waals surface area contributed by atoms with Crippen LogP contribution in [0.25, 0.3) is 16.0 Å². The molecule has 1 saturated heterocycles. The molecule has 0 spiro atoms. The van der Waals surface area contributed by atoms with E-state index in [9.17, 15) is 4.79 Å². The molecular formula is C22H24N8O2S2. The van der Waals surface area contributed by atoms with Gasteiger partial charge in [-0.1, -0.05) is 18.7 Å². The average Bonchev–Trinajstić information content (AvgIpc) is 3.63. The molecule has 0 aromatic carbocycles. The van der Waals surface area contributed by atoms with Gasteiger partial charge in [-0.2, -0.15) is 0 Å². The lowest BCUT2D eigenvalue weighted by molar-refractivity contribution is 0.427. The molecule has 1 aliphatic heterocycles. The van der Waals surface area contributed by atoms with Crippen molar-refractivity contribution in [1.82, 2.24) is 33.9 Å². The highest BCUT2D eigenvalue weighted by molar-refractivity contribution is 7.98. The van der Waals surface area contributed by atoms with Gasteiger partial charge in [0.25, 0.3) is 5.56 Å². The molecule has 5 aromatic rings. The summed E-state index contributed by atoms with van der Waals surface area (Å²) in [4.78, 5) is 14.9. The van der Waals surface area contributed by atoms with Crippen molar-refractivity contribution >= 4 is 45.0 Å². The van der Waals surface area contributed by atoms with Gasteiger partial charge in [0.15, 0.2) is 5.16 Å². The van der Waals surface area contributed by atoms with Crippen molar-refractivity contribution < 1.29 is 4.42 Å². The molecule has 176 valence electrons. The summed E-state index contributed by atoms with van der Waals surface area (Å²) in [5.41, 5.74) is 0.784. The second kappa shape index (κ2) is 8.58. The number of nitrogens with zero attached hydrogens (tertiary/aromatic N) is 8. The number of piperidine rings is 1. The molecule has 6 rings (SSSR count). The average molecular weight is 497 g/mol. The number of hydrogen-bond acceptors (Lipinski definition) is 9. The van der Waals surface area contributed by atoms with Gasteiger partial charge in [0.05, 0.1) is 24.1 Å². The van der Waals surface area contributed by atoms with E-state index in [1.165, 1.54) is 11.3 Å². The molecule has 1 fully saturated rings. The summed E-state index contributed by atoms with van der Waals surface area (Å²) in [7, 11) is 1.73. The van der Waals surface area contributed by atoms with E-state index >= 15 is 0 Å². The van der Waals surface area contributed by atoms with Crippen LogP contribution in [0, 0.1) is 5.92 Å². The molecule has 0 radical (unpaired) electrons. The molecular weight excluding hydrogens is 472 g/mol. The lowest BCUT2D eigenvalue weighted by atomic mass is 10.00. The van der Waals surface area contributed by atoms with Crippen LogP contribution in [-0.2, 0) is 19.3 Å². The first-order valence-corrected chi connectivity index (χ1v) is 13.1. The zero-order chi connectivity index (χ0) is 23.2. The van der Waals surface area contributed by atoms with Crippen molar-refractivity contribution in [3.05, 3.63) is 51.8 Å². The third kappa shape index (κ3) is 3.61. The minimum Gasteiger partial charge on any atom is -0.467 e. The maximum atomic E-state index is 12.6. The molecule has 0 unspecified atom stereocenters. The van der Waals surface area contributed by atoms with Crippen LogP contribution in [0.1, 0.15) is 31.4 Å². The van der Waals surface area contributed by atoms with Crippen LogP contribution in [0.2, 0.25) is 0 Å². The van der Waals surface area contributed by atoms with Gasteiger partial charge < -0.3 is 9.32 Å². The van der Waals surface area contributed by atoms with Crippen molar-refractivity contribution in [3.63, 3.8) is 0 Å². The van der Waals surface area contributed by atoms with Crippen molar-refractivity contribution in [1.29, 1.82) is 0 Å². The molecule has 34 heavy (non-hydrogen) atoms. The number of aromatic nitrogens is 7. The normalized spacial score (nSPS) is 15.2. The van der Waals surface area contributed by atoms with Gasteiger partial charge in [0, 0.05) is 20.1 Å². The molecule has 0 bridgehead atoms. The number of fused-ring (bicyclic) bond motifs is 3. The van der Waals surface area contributed by atoms with Crippen LogP contribution in [-0.4, -0.2) is 47.0 Å². The van der Waals surface area contributed by atoms with E-state index in [0.29, 0.717) is 22.8 Å². The van der Waals surface area contributed by atoms with Crippen LogP contribution in [0.15, 0.2) is 44.2 Å². The number of thioether (sulfide) groups is 1. The predicted octanol–water partition coefficient (Wildman–Crippen LogP) is 3.40. The second-order valence-corrected chi connectivity index (χ2v) is 10.5. The van der Waals surface area contributed by atoms with Crippen LogP contribution in [0.5, 0.6) is 0 Å². The molecule has 0 amide bonds.